The summed E-state index contributed by atoms with van der Waals surface area (Å²) in [6, 6.07) is 18.1. The minimum Gasteiger partial charge on any atom is -0.389 e. The zero-order chi connectivity index (χ0) is 18.3. The number of benzene rings is 2. The van der Waals surface area contributed by atoms with Gasteiger partial charge >= 0.3 is 0 Å². The minimum atomic E-state index is -0.588. The van der Waals surface area contributed by atoms with Gasteiger partial charge in [-0.3, -0.25) is 5.41 Å². The Balaban J connectivity index is 1.77. The highest BCUT2D eigenvalue weighted by atomic mass is 79.9. The van der Waals surface area contributed by atoms with Crippen molar-refractivity contribution >= 4 is 37.7 Å². The zero-order valence-corrected chi connectivity index (χ0v) is 16.1. The van der Waals surface area contributed by atoms with Crippen LogP contribution < -0.4 is 5.49 Å². The summed E-state index contributed by atoms with van der Waals surface area (Å²) in [5.74, 6) is 0. The largest absolute Gasteiger partial charge is 0.389 e. The average Bonchev–Trinajstić information content (AvgIpc) is 2.89. The molecule has 1 atom stereocenters. The Morgan fingerprint density at radius 2 is 1.73 bits per heavy atom. The highest BCUT2D eigenvalue weighted by Gasteiger charge is 2.14. The van der Waals surface area contributed by atoms with E-state index in [0.29, 0.717) is 18.6 Å². The van der Waals surface area contributed by atoms with Gasteiger partial charge < -0.3 is 14.2 Å². The number of hydrogen-bond donors (Lipinski definition) is 2. The molecule has 0 bridgehead atoms. The van der Waals surface area contributed by atoms with Crippen LogP contribution in [-0.2, 0) is 13.1 Å². The number of hydrogen-bond acceptors (Lipinski definition) is 2. The lowest BCUT2D eigenvalue weighted by molar-refractivity contribution is 0.135. The molecule has 5 heteroatoms. The molecule has 2 aromatic carbocycles. The van der Waals surface area contributed by atoms with E-state index in [1.807, 2.05) is 24.4 Å². The van der Waals surface area contributed by atoms with Crippen molar-refractivity contribution in [2.75, 3.05) is 0 Å². The van der Waals surface area contributed by atoms with Gasteiger partial charge in [0.1, 0.15) is 5.49 Å². The van der Waals surface area contributed by atoms with Crippen LogP contribution in [-0.4, -0.2) is 20.3 Å². The molecule has 0 fully saturated rings. The maximum Gasteiger partial charge on any atom is 0.124 e. The third-order valence-electron chi connectivity index (χ3n) is 4.72. The van der Waals surface area contributed by atoms with E-state index >= 15 is 0 Å². The van der Waals surface area contributed by atoms with E-state index in [0.717, 1.165) is 15.5 Å². The lowest BCUT2D eigenvalue weighted by Crippen LogP contribution is -2.28. The van der Waals surface area contributed by atoms with Gasteiger partial charge in [-0.05, 0) is 49.4 Å². The van der Waals surface area contributed by atoms with Crippen molar-refractivity contribution in [2.24, 2.45) is 0 Å². The second-order valence-corrected chi connectivity index (χ2v) is 7.60. The highest BCUT2D eigenvalue weighted by molar-refractivity contribution is 9.10. The Bertz CT molecular complexity index is 1100. The first-order valence-electron chi connectivity index (χ1n) is 8.59. The van der Waals surface area contributed by atoms with Gasteiger partial charge in [-0.15, -0.1) is 0 Å². The standard InChI is InChI=1S/C21H20BrN3O/c1-14-5-7-19-17(10-14)18-11-15(22)6-8-20(18)25(19)13-16(26)12-24-9-3-2-4-21(24)23/h2-11,16,23,26H,12-13H2,1H3. The first-order valence-corrected chi connectivity index (χ1v) is 9.38. The molecule has 4 nitrogen and oxygen atoms in total. The molecule has 0 aliphatic heterocycles. The van der Waals surface area contributed by atoms with Crippen molar-refractivity contribution in [3.05, 3.63) is 76.3 Å². The predicted octanol–water partition coefficient (Wildman–Crippen LogP) is 4.21. The molecule has 26 heavy (non-hydrogen) atoms. The van der Waals surface area contributed by atoms with Crippen LogP contribution in [0.25, 0.3) is 21.8 Å². The lowest BCUT2D eigenvalue weighted by atomic mass is 10.1. The van der Waals surface area contributed by atoms with Crippen molar-refractivity contribution in [3.8, 4) is 0 Å². The lowest BCUT2D eigenvalue weighted by Gasteiger charge is -2.16. The van der Waals surface area contributed by atoms with Crippen LogP contribution in [0, 0.1) is 12.3 Å². The van der Waals surface area contributed by atoms with Crippen LogP contribution in [0.3, 0.4) is 0 Å². The molecule has 4 rings (SSSR count). The van der Waals surface area contributed by atoms with Crippen LogP contribution >= 0.6 is 15.9 Å². The van der Waals surface area contributed by atoms with Gasteiger partial charge in [-0.2, -0.15) is 0 Å². The first kappa shape index (κ1) is 17.1. The molecule has 0 spiro atoms. The number of pyridine rings is 1. The number of aliphatic hydroxyl groups is 1. The van der Waals surface area contributed by atoms with E-state index in [1.54, 1.807) is 10.6 Å². The number of rotatable bonds is 4. The molecule has 0 amide bonds. The Labute approximate surface area is 160 Å². The summed E-state index contributed by atoms with van der Waals surface area (Å²) in [5.41, 5.74) is 3.84. The van der Waals surface area contributed by atoms with Gasteiger partial charge in [0.2, 0.25) is 0 Å². The monoisotopic (exact) mass is 409 g/mol. The van der Waals surface area contributed by atoms with Gasteiger partial charge in [0.25, 0.3) is 0 Å². The number of nitrogens with zero attached hydrogens (tertiary/aromatic N) is 2. The minimum absolute atomic E-state index is 0.392. The van der Waals surface area contributed by atoms with E-state index < -0.39 is 6.10 Å². The zero-order valence-electron chi connectivity index (χ0n) is 14.5. The molecule has 2 N–H and O–H groups in total. The van der Waals surface area contributed by atoms with Crippen LogP contribution in [0.4, 0.5) is 0 Å². The quantitative estimate of drug-likeness (QED) is 0.521. The molecule has 0 aliphatic rings. The molecule has 0 saturated carbocycles. The Hall–Kier alpha value is -2.37. The number of aromatic nitrogens is 2. The number of nitrogens with one attached hydrogen (secondary N) is 1. The molecule has 2 heterocycles. The molecular weight excluding hydrogens is 390 g/mol. The Morgan fingerprint density at radius 1 is 1.00 bits per heavy atom. The molecule has 0 aliphatic carbocycles. The van der Waals surface area contributed by atoms with Gasteiger partial charge in [-0.25, -0.2) is 0 Å². The molecule has 4 aromatic rings. The van der Waals surface area contributed by atoms with Crippen molar-refractivity contribution < 1.29 is 5.11 Å². The van der Waals surface area contributed by atoms with Crippen LogP contribution in [0.2, 0.25) is 0 Å². The van der Waals surface area contributed by atoms with E-state index in [4.69, 9.17) is 5.41 Å². The van der Waals surface area contributed by atoms with Crippen LogP contribution in [0.1, 0.15) is 5.56 Å². The summed E-state index contributed by atoms with van der Waals surface area (Å²) in [6.07, 6.45) is 1.24. The van der Waals surface area contributed by atoms with Gasteiger partial charge in [0.15, 0.2) is 0 Å². The van der Waals surface area contributed by atoms with Gasteiger partial charge in [0, 0.05) is 32.5 Å². The van der Waals surface area contributed by atoms with E-state index in [2.05, 4.69) is 57.8 Å². The number of aryl methyl sites for hydroxylation is 1. The summed E-state index contributed by atoms with van der Waals surface area (Å²) in [7, 11) is 0. The van der Waals surface area contributed by atoms with Crippen LogP contribution in [0.5, 0.6) is 0 Å². The maximum absolute atomic E-state index is 10.7. The summed E-state index contributed by atoms with van der Waals surface area (Å²) >= 11 is 3.57. The molecular formula is C21H20BrN3O. The SMILES string of the molecule is Cc1ccc2c(c1)c1cc(Br)ccc1n2CC(O)Cn1ccccc1=N. The van der Waals surface area contributed by atoms with Gasteiger partial charge in [-0.1, -0.05) is 33.6 Å². The number of fused-ring (bicyclic) bond motifs is 3. The van der Waals surface area contributed by atoms with E-state index in [-0.39, 0.29) is 0 Å². The first-order chi connectivity index (χ1) is 12.5. The fourth-order valence-corrected chi connectivity index (χ4v) is 3.88. The maximum atomic E-state index is 10.7. The number of aliphatic hydroxyl groups excluding tert-OH is 1. The second kappa shape index (κ2) is 6.74. The highest BCUT2D eigenvalue weighted by Crippen LogP contribution is 2.32. The molecule has 0 saturated heterocycles. The third-order valence-corrected chi connectivity index (χ3v) is 5.22. The fourth-order valence-electron chi connectivity index (χ4n) is 3.52. The Kier molecular flexibility index (Phi) is 4.42. The molecule has 1 unspecified atom stereocenters. The van der Waals surface area contributed by atoms with E-state index in [1.165, 1.54) is 16.3 Å². The summed E-state index contributed by atoms with van der Waals surface area (Å²) < 4.78 is 4.98. The van der Waals surface area contributed by atoms with Crippen molar-refractivity contribution in [3.63, 3.8) is 0 Å². The van der Waals surface area contributed by atoms with Gasteiger partial charge in [0.05, 0.1) is 19.2 Å². The summed E-state index contributed by atoms with van der Waals surface area (Å²) in [4.78, 5) is 0. The average molecular weight is 410 g/mol. The second-order valence-electron chi connectivity index (χ2n) is 6.68. The molecule has 0 radical (unpaired) electrons. The Morgan fingerprint density at radius 3 is 2.50 bits per heavy atom. The van der Waals surface area contributed by atoms with Crippen LogP contribution in [0.15, 0.2) is 65.3 Å². The number of halogens is 1. The van der Waals surface area contributed by atoms with Crippen molar-refractivity contribution in [1.82, 2.24) is 9.13 Å². The topological polar surface area (TPSA) is 53.9 Å². The van der Waals surface area contributed by atoms with E-state index in [9.17, 15) is 5.11 Å². The normalized spacial score (nSPS) is 12.7. The van der Waals surface area contributed by atoms with Crippen molar-refractivity contribution in [2.45, 2.75) is 26.1 Å². The molecule has 2 aromatic heterocycles. The fraction of sp³-hybridized carbons (Fsp3) is 0.190. The summed E-state index contributed by atoms with van der Waals surface area (Å²) in [6.45, 7) is 2.96. The summed E-state index contributed by atoms with van der Waals surface area (Å²) in [5, 5.41) is 21.0. The van der Waals surface area contributed by atoms with Crippen molar-refractivity contribution in [1.29, 1.82) is 5.41 Å². The third kappa shape index (κ3) is 3.08. The predicted molar refractivity (Wildman–Crippen MR) is 108 cm³/mol. The molecule has 132 valence electrons. The smallest absolute Gasteiger partial charge is 0.124 e.